The van der Waals surface area contributed by atoms with Crippen LogP contribution in [0.4, 0.5) is 11.6 Å². The van der Waals surface area contributed by atoms with Crippen LogP contribution < -0.4 is 9.80 Å². The summed E-state index contributed by atoms with van der Waals surface area (Å²) in [7, 11) is 0. The fraction of sp³-hybridized carbons (Fsp3) is 0.476. The maximum absolute atomic E-state index is 12.7. The third-order valence-corrected chi connectivity index (χ3v) is 5.59. The van der Waals surface area contributed by atoms with Gasteiger partial charge in [-0.25, -0.2) is 9.97 Å². The van der Waals surface area contributed by atoms with Crippen LogP contribution in [-0.4, -0.2) is 41.9 Å². The number of rotatable bonds is 4. The van der Waals surface area contributed by atoms with Crippen LogP contribution in [0.3, 0.4) is 0 Å². The van der Waals surface area contributed by atoms with E-state index in [2.05, 4.69) is 25.8 Å². The average Bonchev–Trinajstić information content (AvgIpc) is 3.23. The third kappa shape index (κ3) is 3.57. The molecule has 0 radical (unpaired) electrons. The summed E-state index contributed by atoms with van der Waals surface area (Å²) in [6.07, 6.45) is 5.93. The molecule has 26 heavy (non-hydrogen) atoms. The second-order valence-electron chi connectivity index (χ2n) is 7.42. The monoisotopic (exact) mass is 350 g/mol. The average molecular weight is 350 g/mol. The molecule has 0 N–H and O–H groups in total. The molecule has 5 heteroatoms. The predicted octanol–water partition coefficient (Wildman–Crippen LogP) is 3.48. The summed E-state index contributed by atoms with van der Waals surface area (Å²) in [6.45, 7) is 5.97. The molecule has 3 heterocycles. The van der Waals surface area contributed by atoms with E-state index in [4.69, 9.17) is 0 Å². The lowest BCUT2D eigenvalue weighted by Crippen LogP contribution is -2.37. The van der Waals surface area contributed by atoms with Crippen molar-refractivity contribution < 1.29 is 4.79 Å². The number of ketones is 1. The summed E-state index contributed by atoms with van der Waals surface area (Å²) < 4.78 is 0. The Morgan fingerprint density at radius 3 is 2.12 bits per heavy atom. The van der Waals surface area contributed by atoms with E-state index in [1.807, 2.05) is 31.2 Å². The molecule has 0 amide bonds. The molecule has 4 rings (SSSR count). The zero-order valence-electron chi connectivity index (χ0n) is 15.4. The van der Waals surface area contributed by atoms with E-state index in [9.17, 15) is 4.79 Å². The smallest absolute Gasteiger partial charge is 0.166 e. The van der Waals surface area contributed by atoms with Crippen molar-refractivity contribution in [2.24, 2.45) is 5.92 Å². The van der Waals surface area contributed by atoms with Gasteiger partial charge in [-0.05, 0) is 32.6 Å². The van der Waals surface area contributed by atoms with Crippen LogP contribution in [0.5, 0.6) is 0 Å². The van der Waals surface area contributed by atoms with Crippen molar-refractivity contribution in [3.05, 3.63) is 47.8 Å². The highest BCUT2D eigenvalue weighted by atomic mass is 16.1. The fourth-order valence-corrected chi connectivity index (χ4v) is 3.95. The molecule has 2 saturated heterocycles. The van der Waals surface area contributed by atoms with Gasteiger partial charge in [-0.3, -0.25) is 4.79 Å². The molecule has 0 spiro atoms. The number of piperidine rings is 1. The molecule has 2 aliphatic heterocycles. The van der Waals surface area contributed by atoms with Crippen molar-refractivity contribution in [3.8, 4) is 0 Å². The van der Waals surface area contributed by atoms with E-state index in [1.54, 1.807) is 6.33 Å². The first kappa shape index (κ1) is 17.0. The topological polar surface area (TPSA) is 49.3 Å². The first-order valence-corrected chi connectivity index (χ1v) is 9.63. The largest absolute Gasteiger partial charge is 0.356 e. The van der Waals surface area contributed by atoms with Crippen LogP contribution in [0.15, 0.2) is 36.7 Å². The van der Waals surface area contributed by atoms with Gasteiger partial charge in [-0.2, -0.15) is 0 Å². The molecule has 0 unspecified atom stereocenters. The molecule has 1 aromatic heterocycles. The molecule has 2 fully saturated rings. The number of hydrogen-bond acceptors (Lipinski definition) is 5. The number of hydrogen-bond donors (Lipinski definition) is 0. The highest BCUT2D eigenvalue weighted by Crippen LogP contribution is 2.27. The van der Waals surface area contributed by atoms with E-state index in [0.29, 0.717) is 0 Å². The van der Waals surface area contributed by atoms with Crippen LogP contribution in [0.1, 0.15) is 41.6 Å². The Hall–Kier alpha value is -2.43. The van der Waals surface area contributed by atoms with E-state index < -0.39 is 0 Å². The number of aromatic nitrogens is 2. The van der Waals surface area contributed by atoms with Crippen LogP contribution in [-0.2, 0) is 0 Å². The van der Waals surface area contributed by atoms with Gasteiger partial charge >= 0.3 is 0 Å². The fourth-order valence-electron chi connectivity index (χ4n) is 3.95. The summed E-state index contributed by atoms with van der Waals surface area (Å²) in [4.78, 5) is 26.3. The number of Topliss-reactive ketones (excluding diaryl/α,β-unsaturated/α-hetero) is 1. The number of carbonyl (C=O) groups excluding carboxylic acids is 1. The Bertz CT molecular complexity index is 760. The zero-order chi connectivity index (χ0) is 17.9. The normalized spacial score (nSPS) is 18.3. The van der Waals surface area contributed by atoms with Crippen molar-refractivity contribution in [2.75, 3.05) is 36.0 Å². The van der Waals surface area contributed by atoms with Crippen LogP contribution in [0.25, 0.3) is 0 Å². The van der Waals surface area contributed by atoms with Crippen molar-refractivity contribution in [1.82, 2.24) is 9.97 Å². The van der Waals surface area contributed by atoms with Gasteiger partial charge in [-0.15, -0.1) is 0 Å². The maximum Gasteiger partial charge on any atom is 0.166 e. The van der Waals surface area contributed by atoms with Crippen molar-refractivity contribution in [3.63, 3.8) is 0 Å². The Balaban J connectivity index is 1.39. The molecule has 0 aliphatic carbocycles. The first-order chi connectivity index (χ1) is 12.7. The Kier molecular flexibility index (Phi) is 4.87. The van der Waals surface area contributed by atoms with Crippen molar-refractivity contribution in [1.29, 1.82) is 0 Å². The minimum Gasteiger partial charge on any atom is -0.356 e. The van der Waals surface area contributed by atoms with Crippen molar-refractivity contribution >= 4 is 17.4 Å². The maximum atomic E-state index is 12.7. The lowest BCUT2D eigenvalue weighted by atomic mass is 9.88. The lowest BCUT2D eigenvalue weighted by molar-refractivity contribution is 0.0900. The van der Waals surface area contributed by atoms with E-state index >= 15 is 0 Å². The third-order valence-electron chi connectivity index (χ3n) is 5.59. The Morgan fingerprint density at radius 1 is 0.923 bits per heavy atom. The first-order valence-electron chi connectivity index (χ1n) is 9.63. The van der Waals surface area contributed by atoms with E-state index in [0.717, 1.165) is 56.2 Å². The van der Waals surface area contributed by atoms with Gasteiger partial charge in [-0.1, -0.05) is 29.8 Å². The van der Waals surface area contributed by atoms with Gasteiger partial charge in [0.2, 0.25) is 0 Å². The van der Waals surface area contributed by atoms with E-state index in [1.165, 1.54) is 18.4 Å². The number of anilines is 2. The quantitative estimate of drug-likeness (QED) is 0.790. The molecule has 0 atom stereocenters. The van der Waals surface area contributed by atoms with E-state index in [-0.39, 0.29) is 11.7 Å². The predicted molar refractivity (Wildman–Crippen MR) is 104 cm³/mol. The number of carbonyl (C=O) groups is 1. The van der Waals surface area contributed by atoms with Crippen LogP contribution >= 0.6 is 0 Å². The molecule has 0 bridgehead atoms. The van der Waals surface area contributed by atoms with Gasteiger partial charge in [0.15, 0.2) is 5.78 Å². The van der Waals surface area contributed by atoms with Gasteiger partial charge in [0.25, 0.3) is 0 Å². The molecule has 0 saturated carbocycles. The lowest BCUT2D eigenvalue weighted by Gasteiger charge is -2.32. The number of aryl methyl sites for hydroxylation is 1. The molecule has 5 nitrogen and oxygen atoms in total. The summed E-state index contributed by atoms with van der Waals surface area (Å²) >= 11 is 0. The molecule has 1 aromatic carbocycles. The summed E-state index contributed by atoms with van der Waals surface area (Å²) in [5.41, 5.74) is 2.03. The number of benzene rings is 1. The second kappa shape index (κ2) is 7.44. The molecule has 2 aliphatic rings. The molecule has 136 valence electrons. The molecule has 2 aromatic rings. The van der Waals surface area contributed by atoms with Gasteiger partial charge in [0.1, 0.15) is 18.0 Å². The second-order valence-corrected chi connectivity index (χ2v) is 7.42. The van der Waals surface area contributed by atoms with Crippen LogP contribution in [0.2, 0.25) is 0 Å². The standard InChI is InChI=1S/C21H26N4O/c1-16-4-6-17(7-5-16)21(26)18-8-12-25(13-9-18)20-14-19(22-15-23-20)24-10-2-3-11-24/h4-7,14-15,18H,2-3,8-13H2,1H3. The highest BCUT2D eigenvalue weighted by Gasteiger charge is 2.27. The summed E-state index contributed by atoms with van der Waals surface area (Å²) in [5, 5.41) is 0. The van der Waals surface area contributed by atoms with Gasteiger partial charge in [0.05, 0.1) is 0 Å². The zero-order valence-corrected chi connectivity index (χ0v) is 15.4. The van der Waals surface area contributed by atoms with Gasteiger partial charge in [0, 0.05) is 43.7 Å². The Morgan fingerprint density at radius 2 is 1.50 bits per heavy atom. The van der Waals surface area contributed by atoms with Gasteiger partial charge < -0.3 is 9.80 Å². The van der Waals surface area contributed by atoms with Crippen LogP contribution in [0, 0.1) is 12.8 Å². The summed E-state index contributed by atoms with van der Waals surface area (Å²) in [6, 6.07) is 10.0. The minimum atomic E-state index is 0.119. The highest BCUT2D eigenvalue weighted by molar-refractivity contribution is 5.98. The Labute approximate surface area is 155 Å². The van der Waals surface area contributed by atoms with Crippen molar-refractivity contribution in [2.45, 2.75) is 32.6 Å². The molecular weight excluding hydrogens is 324 g/mol. The number of nitrogens with zero attached hydrogens (tertiary/aromatic N) is 4. The molecular formula is C21H26N4O. The minimum absolute atomic E-state index is 0.119. The SMILES string of the molecule is Cc1ccc(C(=O)C2CCN(c3cc(N4CCCC4)ncn3)CC2)cc1. The summed E-state index contributed by atoms with van der Waals surface area (Å²) in [5.74, 6) is 2.42.